The summed E-state index contributed by atoms with van der Waals surface area (Å²) in [6.07, 6.45) is 0. The van der Waals surface area contributed by atoms with Crippen molar-refractivity contribution in [1.82, 2.24) is 0 Å². The summed E-state index contributed by atoms with van der Waals surface area (Å²) < 4.78 is 42.8. The van der Waals surface area contributed by atoms with Gasteiger partial charge in [0, 0.05) is 36.4 Å². The first-order valence-electron chi connectivity index (χ1n) is 8.43. The molecule has 0 aliphatic carbocycles. The topological polar surface area (TPSA) is 2.70 Å². The van der Waals surface area contributed by atoms with Crippen LogP contribution in [0.4, 0.5) is 0 Å². The third-order valence-corrected chi connectivity index (χ3v) is 2.64. The highest BCUT2D eigenvalue weighted by atomic mass is 16.7. The molecule has 19 heavy (non-hydrogen) atoms. The monoisotopic (exact) mass is 257 g/mol. The number of hydrogen-bond acceptors (Lipinski definition) is 0. The lowest BCUT2D eigenvalue weighted by atomic mass is 10.3. The van der Waals surface area contributed by atoms with Crippen molar-refractivity contribution in [1.29, 1.82) is 0 Å². The van der Waals surface area contributed by atoms with Crippen molar-refractivity contribution in [2.75, 3.05) is 0 Å². The lowest BCUT2D eigenvalue weighted by Gasteiger charge is -2.21. The Labute approximate surface area is 120 Å². The second-order valence-electron chi connectivity index (χ2n) is 3.89. The van der Waals surface area contributed by atoms with Crippen LogP contribution >= 0.6 is 0 Å². The van der Waals surface area contributed by atoms with Crippen molar-refractivity contribution in [3.8, 4) is 17.2 Å². The quantitative estimate of drug-likeness (QED) is 0.550. The molecule has 1 nitrogen and oxygen atoms in total. The maximum absolute atomic E-state index is 8.23. The maximum Gasteiger partial charge on any atom is 0.267 e. The number of rotatable bonds is 3. The van der Waals surface area contributed by atoms with Crippen molar-refractivity contribution in [3.63, 3.8) is 0 Å². The normalized spacial score (nSPS) is 13.8. The minimum absolute atomic E-state index is 0.0541. The lowest BCUT2D eigenvalue weighted by molar-refractivity contribution is 0.233. The molecule has 3 rings (SSSR count). The Morgan fingerprint density at radius 3 is 1.53 bits per heavy atom. The molecule has 0 bridgehead atoms. The Hall–Kier alpha value is -2.54. The molecule has 0 N–H and O–H groups in total. The van der Waals surface area contributed by atoms with E-state index in [0.29, 0.717) is 11.5 Å². The molecule has 0 unspecified atom stereocenters. The Kier molecular flexibility index (Phi) is 2.03. The minimum atomic E-state index is -0.407. The van der Waals surface area contributed by atoms with Gasteiger partial charge in [0.05, 0.1) is 6.85 Å². The molecule has 0 heterocycles. The molecule has 3 aromatic carbocycles. The van der Waals surface area contributed by atoms with Crippen LogP contribution in [0.25, 0.3) is 0 Å². The van der Waals surface area contributed by atoms with Gasteiger partial charge in [0.1, 0.15) is 0 Å². The van der Waals surface area contributed by atoms with Gasteiger partial charge in [-0.25, -0.2) is 0 Å². The highest BCUT2D eigenvalue weighted by molar-refractivity contribution is 5.42. The summed E-state index contributed by atoms with van der Waals surface area (Å²) in [6, 6.07) is 16.6. The molecule has 3 aromatic rings. The highest BCUT2D eigenvalue weighted by Gasteiger charge is 2.18. The van der Waals surface area contributed by atoms with Gasteiger partial charge < -0.3 is 4.37 Å². The Morgan fingerprint density at radius 1 is 0.579 bits per heavy atom. The van der Waals surface area contributed by atoms with Crippen LogP contribution in [0.5, 0.6) is 17.2 Å². The van der Waals surface area contributed by atoms with E-state index in [0.717, 1.165) is 0 Å². The third-order valence-electron chi connectivity index (χ3n) is 2.64. The Bertz CT molecular complexity index is 797. The summed E-state index contributed by atoms with van der Waals surface area (Å²) >= 11 is 0. The summed E-state index contributed by atoms with van der Waals surface area (Å²) in [5.41, 5.74) is 0. The molecule has 1 heteroatoms. The zero-order valence-corrected chi connectivity index (χ0v) is 10.2. The Balaban J connectivity index is 2.33. The first-order chi connectivity index (χ1) is 11.5. The second-order valence-corrected chi connectivity index (χ2v) is 3.89. The summed E-state index contributed by atoms with van der Waals surface area (Å²) in [5.74, 6) is 1.34. The molecule has 0 atom stereocenters. The van der Waals surface area contributed by atoms with E-state index in [4.69, 9.17) is 6.85 Å². The van der Waals surface area contributed by atoms with Crippen molar-refractivity contribution < 1.29 is 11.2 Å². The molecule has 0 amide bonds. The van der Waals surface area contributed by atoms with E-state index >= 15 is 0 Å². The van der Waals surface area contributed by atoms with E-state index in [-0.39, 0.29) is 29.9 Å². The zero-order valence-electron chi connectivity index (χ0n) is 15.2. The van der Waals surface area contributed by atoms with E-state index < -0.39 is 6.04 Å². The van der Waals surface area contributed by atoms with Crippen LogP contribution in [0, 0.1) is 0 Å². The molecular formula is C18H15O+. The number of hydrogen-bond donors (Lipinski definition) is 0. The van der Waals surface area contributed by atoms with Crippen molar-refractivity contribution in [2.24, 2.45) is 0 Å². The average Bonchev–Trinajstić information content (AvgIpc) is 2.63. The summed E-state index contributed by atoms with van der Waals surface area (Å²) in [7, 11) is 0. The van der Waals surface area contributed by atoms with Gasteiger partial charge in [-0.05, 0) is 0 Å². The van der Waals surface area contributed by atoms with Crippen LogP contribution in [0.3, 0.4) is 0 Å². The molecule has 0 saturated carbocycles. The molecule has 0 spiro atoms. The van der Waals surface area contributed by atoms with Gasteiger partial charge in [0.2, 0.25) is 0 Å². The molecular weight excluding hydrogens is 232 g/mol. The van der Waals surface area contributed by atoms with Gasteiger partial charge in [-0.1, -0.05) is 54.5 Å². The van der Waals surface area contributed by atoms with Gasteiger partial charge in [-0.3, -0.25) is 0 Å². The molecule has 0 saturated heterocycles. The molecule has 0 fully saturated rings. The number of para-hydroxylation sites is 3. The van der Waals surface area contributed by atoms with Crippen LogP contribution in [0.15, 0.2) is 90.9 Å². The predicted octanol–water partition coefficient (Wildman–Crippen LogP) is 5.43. The predicted molar refractivity (Wildman–Crippen MR) is 78.8 cm³/mol. The van der Waals surface area contributed by atoms with Gasteiger partial charge in [0.25, 0.3) is 17.2 Å². The average molecular weight is 257 g/mol. The van der Waals surface area contributed by atoms with Gasteiger partial charge >= 0.3 is 0 Å². The van der Waals surface area contributed by atoms with E-state index in [9.17, 15) is 0 Å². The van der Waals surface area contributed by atoms with E-state index in [1.807, 2.05) is 36.4 Å². The summed E-state index contributed by atoms with van der Waals surface area (Å²) in [5, 5.41) is 0. The smallest absolute Gasteiger partial charge is 0.267 e. The van der Waals surface area contributed by atoms with E-state index in [1.165, 1.54) is 0 Å². The van der Waals surface area contributed by atoms with Crippen molar-refractivity contribution in [2.45, 2.75) is 0 Å². The summed E-state index contributed by atoms with van der Waals surface area (Å²) in [6.45, 7) is 0. The lowest BCUT2D eigenvalue weighted by Crippen LogP contribution is -2.04. The maximum atomic E-state index is 8.23. The molecule has 92 valence electrons. The first kappa shape index (κ1) is 7.15. The van der Waals surface area contributed by atoms with Crippen LogP contribution in [0.2, 0.25) is 0 Å². The first-order valence-corrected chi connectivity index (χ1v) is 5.93. The van der Waals surface area contributed by atoms with Crippen LogP contribution < -0.4 is 4.37 Å². The third kappa shape index (κ3) is 2.50. The fraction of sp³-hybridized carbons (Fsp3) is 0. The van der Waals surface area contributed by atoms with Gasteiger partial charge in [-0.15, -0.1) is 0 Å². The van der Waals surface area contributed by atoms with Crippen LogP contribution in [0.1, 0.15) is 6.85 Å². The van der Waals surface area contributed by atoms with E-state index in [2.05, 4.69) is 4.37 Å². The van der Waals surface area contributed by atoms with E-state index in [1.54, 1.807) is 24.3 Å². The molecule has 0 aromatic heterocycles. The highest BCUT2D eigenvalue weighted by Crippen LogP contribution is 2.38. The molecule has 0 radical (unpaired) electrons. The van der Waals surface area contributed by atoms with Crippen LogP contribution in [-0.4, -0.2) is 0 Å². The molecule has 0 aliphatic rings. The van der Waals surface area contributed by atoms with Gasteiger partial charge in [0.15, 0.2) is 0 Å². The van der Waals surface area contributed by atoms with Gasteiger partial charge in [-0.2, -0.15) is 0 Å². The Morgan fingerprint density at radius 2 is 1.05 bits per heavy atom. The standard InChI is InChI=1S/C18H15O/c1-4-10-16(11-5-1)19(17-12-6-2-7-13-17)18-14-8-3-9-15-18/h1-15H/q+1/i1T,4T,5T,10T,11T. The van der Waals surface area contributed by atoms with Crippen molar-refractivity contribution in [3.05, 3.63) is 90.9 Å². The zero-order chi connectivity index (χ0) is 17.3. The molecule has 0 aliphatic heterocycles. The summed E-state index contributed by atoms with van der Waals surface area (Å²) in [4.78, 5) is 0. The minimum Gasteiger partial charge on any atom is -0.499 e. The second kappa shape index (κ2) is 5.40. The van der Waals surface area contributed by atoms with Crippen LogP contribution in [-0.2, 0) is 0 Å². The fourth-order valence-corrected chi connectivity index (χ4v) is 1.83. The SMILES string of the molecule is [3H]c1c([3H])c([3H])c([O+](c2ccccc2)c2ccccc2)c([3H])c1[3H]. The number of benzene rings is 3. The largest absolute Gasteiger partial charge is 0.499 e. The van der Waals surface area contributed by atoms with Crippen molar-refractivity contribution >= 4 is 0 Å². The fourth-order valence-electron chi connectivity index (χ4n) is 1.83.